The Bertz CT molecular complexity index is 1180. The number of amides is 2. The summed E-state index contributed by atoms with van der Waals surface area (Å²) in [6.45, 7) is 0. The van der Waals surface area contributed by atoms with Gasteiger partial charge in [-0.1, -0.05) is 36.4 Å². The Morgan fingerprint density at radius 3 is 2.53 bits per heavy atom. The van der Waals surface area contributed by atoms with Crippen molar-refractivity contribution in [2.24, 2.45) is 0 Å². The number of aromatic nitrogens is 1. The number of hydrogen-bond acceptors (Lipinski definition) is 4. The molecule has 1 saturated heterocycles. The molecule has 0 bridgehead atoms. The minimum absolute atomic E-state index is 0.0619. The summed E-state index contributed by atoms with van der Waals surface area (Å²) in [4.78, 5) is 42.9. The number of piperazine rings is 1. The van der Waals surface area contributed by atoms with E-state index in [-0.39, 0.29) is 23.2 Å². The number of H-pyrrole nitrogens is 1. The zero-order valence-electron chi connectivity index (χ0n) is 16.5. The summed E-state index contributed by atoms with van der Waals surface area (Å²) in [6, 6.07) is 13.6. The van der Waals surface area contributed by atoms with E-state index in [0.29, 0.717) is 22.9 Å². The van der Waals surface area contributed by atoms with Crippen LogP contribution in [-0.2, 0) is 16.0 Å². The van der Waals surface area contributed by atoms with Crippen molar-refractivity contribution < 1.29 is 14.5 Å². The normalized spacial score (nSPS) is 18.5. The average Bonchev–Trinajstić information content (AvgIpc) is 3.16. The van der Waals surface area contributed by atoms with Gasteiger partial charge < -0.3 is 14.8 Å². The monoisotopic (exact) mass is 404 g/mol. The summed E-state index contributed by atoms with van der Waals surface area (Å²) >= 11 is 0. The first-order valence-electron chi connectivity index (χ1n) is 9.43. The first-order valence-corrected chi connectivity index (χ1v) is 9.43. The third-order valence-corrected chi connectivity index (χ3v) is 5.46. The van der Waals surface area contributed by atoms with E-state index in [1.807, 2.05) is 30.3 Å². The number of benzene rings is 2. The van der Waals surface area contributed by atoms with Gasteiger partial charge in [-0.3, -0.25) is 19.7 Å². The Balaban J connectivity index is 1.72. The van der Waals surface area contributed by atoms with Crippen LogP contribution in [0.4, 0.5) is 5.69 Å². The molecule has 152 valence electrons. The van der Waals surface area contributed by atoms with E-state index in [9.17, 15) is 19.7 Å². The number of carbonyl (C=O) groups is 2. The molecule has 0 unspecified atom stereocenters. The number of nitrogens with zero attached hydrogens (tertiary/aromatic N) is 3. The molecule has 0 saturated carbocycles. The highest BCUT2D eigenvalue weighted by Gasteiger charge is 2.39. The molecule has 0 radical (unpaired) electrons. The van der Waals surface area contributed by atoms with Crippen molar-refractivity contribution in [3.63, 3.8) is 0 Å². The Kier molecular flexibility index (Phi) is 4.83. The molecule has 3 aromatic rings. The molecule has 30 heavy (non-hydrogen) atoms. The number of likely N-dealkylation sites (N-methyl/N-ethyl adjacent to an activating group) is 2. The van der Waals surface area contributed by atoms with Gasteiger partial charge in [-0.2, -0.15) is 0 Å². The highest BCUT2D eigenvalue weighted by Crippen LogP contribution is 2.31. The van der Waals surface area contributed by atoms with Crippen LogP contribution < -0.4 is 0 Å². The van der Waals surface area contributed by atoms with Crippen molar-refractivity contribution in [2.75, 3.05) is 14.1 Å². The van der Waals surface area contributed by atoms with Crippen LogP contribution in [0.15, 0.2) is 60.4 Å². The maximum Gasteiger partial charge on any atom is 0.279 e. The van der Waals surface area contributed by atoms with Crippen molar-refractivity contribution in [3.05, 3.63) is 81.7 Å². The lowest BCUT2D eigenvalue weighted by Gasteiger charge is -2.38. The molecule has 2 heterocycles. The molecule has 1 atom stereocenters. The molecule has 1 N–H and O–H groups in total. The highest BCUT2D eigenvalue weighted by atomic mass is 16.6. The molecule has 1 aliphatic rings. The maximum absolute atomic E-state index is 13.1. The van der Waals surface area contributed by atoms with Crippen LogP contribution >= 0.6 is 0 Å². The number of nitro benzene ring substituents is 1. The van der Waals surface area contributed by atoms with Crippen molar-refractivity contribution in [2.45, 2.75) is 12.5 Å². The predicted octanol–water partition coefficient (Wildman–Crippen LogP) is 2.96. The van der Waals surface area contributed by atoms with Crippen molar-refractivity contribution >= 4 is 34.5 Å². The van der Waals surface area contributed by atoms with E-state index >= 15 is 0 Å². The molecule has 2 aromatic carbocycles. The second kappa shape index (κ2) is 7.47. The van der Waals surface area contributed by atoms with E-state index in [2.05, 4.69) is 4.98 Å². The molecule has 4 rings (SSSR count). The van der Waals surface area contributed by atoms with Gasteiger partial charge in [0.2, 0.25) is 5.91 Å². The number of aromatic amines is 1. The second-order valence-electron chi connectivity index (χ2n) is 7.25. The standard InChI is InChI=1S/C22H20N4O4/c1-24-18(11-14-7-4-3-5-8-14)21(27)25(2)19(22(24)28)12-15-13-23-16-9-6-10-17(20(15)16)26(29)30/h3-10,12-13,18,23H,11H2,1-2H3/b19-12-/t18-/m0/s1. The largest absolute Gasteiger partial charge is 0.360 e. The number of nitro groups is 1. The summed E-state index contributed by atoms with van der Waals surface area (Å²) in [5.41, 5.74) is 2.14. The predicted molar refractivity (Wildman–Crippen MR) is 112 cm³/mol. The number of nitrogens with one attached hydrogen (secondary N) is 1. The van der Waals surface area contributed by atoms with Crippen molar-refractivity contribution in [1.29, 1.82) is 0 Å². The molecular formula is C22H20N4O4. The average molecular weight is 404 g/mol. The minimum atomic E-state index is -0.612. The number of rotatable bonds is 4. The summed E-state index contributed by atoms with van der Waals surface area (Å²) in [5, 5.41) is 11.8. The van der Waals surface area contributed by atoms with Crippen LogP contribution in [0.1, 0.15) is 11.1 Å². The van der Waals surface area contributed by atoms with Gasteiger partial charge in [0.05, 0.1) is 15.8 Å². The SMILES string of the molecule is CN1C(=O)[C@H](Cc2ccccc2)N(C)C(=O)/C1=C/c1c[nH]c2cccc([N+](=O)[O-])c12. The van der Waals surface area contributed by atoms with E-state index in [0.717, 1.165) is 5.56 Å². The van der Waals surface area contributed by atoms with Crippen molar-refractivity contribution in [1.82, 2.24) is 14.8 Å². The molecule has 8 nitrogen and oxygen atoms in total. The van der Waals surface area contributed by atoms with Gasteiger partial charge in [0.15, 0.2) is 0 Å². The molecule has 2 amide bonds. The fraction of sp³-hybridized carbons (Fsp3) is 0.182. The lowest BCUT2D eigenvalue weighted by molar-refractivity contribution is -0.383. The van der Waals surface area contributed by atoms with Gasteiger partial charge in [-0.05, 0) is 17.7 Å². The molecule has 1 aromatic heterocycles. The smallest absolute Gasteiger partial charge is 0.279 e. The van der Waals surface area contributed by atoms with E-state index < -0.39 is 11.0 Å². The minimum Gasteiger partial charge on any atom is -0.360 e. The van der Waals surface area contributed by atoms with Crippen LogP contribution in [0.5, 0.6) is 0 Å². The van der Waals surface area contributed by atoms with Gasteiger partial charge in [0.25, 0.3) is 11.6 Å². The number of fused-ring (bicyclic) bond motifs is 1. The first kappa shape index (κ1) is 19.4. The first-order chi connectivity index (χ1) is 14.4. The van der Waals surface area contributed by atoms with Crippen molar-refractivity contribution in [3.8, 4) is 0 Å². The summed E-state index contributed by atoms with van der Waals surface area (Å²) in [7, 11) is 3.16. The Morgan fingerprint density at radius 2 is 1.83 bits per heavy atom. The van der Waals surface area contributed by atoms with Gasteiger partial charge in [-0.15, -0.1) is 0 Å². The maximum atomic E-state index is 13.1. The van der Waals surface area contributed by atoms with Crippen LogP contribution in [0, 0.1) is 10.1 Å². The van der Waals surface area contributed by atoms with Gasteiger partial charge in [0.1, 0.15) is 11.7 Å². The van der Waals surface area contributed by atoms with E-state index in [1.165, 1.54) is 21.9 Å². The molecule has 1 fully saturated rings. The fourth-order valence-corrected chi connectivity index (χ4v) is 3.80. The molecule has 0 spiro atoms. The topological polar surface area (TPSA) is 99.6 Å². The molecular weight excluding hydrogens is 384 g/mol. The van der Waals surface area contributed by atoms with Gasteiger partial charge in [0, 0.05) is 38.3 Å². The summed E-state index contributed by atoms with van der Waals surface area (Å²) in [5.74, 6) is -0.521. The molecule has 0 aliphatic carbocycles. The van der Waals surface area contributed by atoms with Gasteiger partial charge >= 0.3 is 0 Å². The van der Waals surface area contributed by atoms with E-state index in [1.54, 1.807) is 32.4 Å². The van der Waals surface area contributed by atoms with Crippen LogP contribution in [0.3, 0.4) is 0 Å². The Labute approximate surface area is 172 Å². The third kappa shape index (κ3) is 3.22. The van der Waals surface area contributed by atoms with Crippen LogP contribution in [0.25, 0.3) is 17.0 Å². The van der Waals surface area contributed by atoms with Crippen LogP contribution in [0.2, 0.25) is 0 Å². The number of hydrogen-bond donors (Lipinski definition) is 1. The molecule has 8 heteroatoms. The van der Waals surface area contributed by atoms with Gasteiger partial charge in [-0.25, -0.2) is 0 Å². The third-order valence-electron chi connectivity index (χ3n) is 5.46. The quantitative estimate of drug-likeness (QED) is 0.410. The lowest BCUT2D eigenvalue weighted by Crippen LogP contribution is -2.56. The summed E-state index contributed by atoms with van der Waals surface area (Å²) < 4.78 is 0. The fourth-order valence-electron chi connectivity index (χ4n) is 3.80. The van der Waals surface area contributed by atoms with E-state index in [4.69, 9.17) is 0 Å². The second-order valence-corrected chi connectivity index (χ2v) is 7.25. The highest BCUT2D eigenvalue weighted by molar-refractivity contribution is 6.09. The Morgan fingerprint density at radius 1 is 1.10 bits per heavy atom. The Hall–Kier alpha value is -3.94. The summed E-state index contributed by atoms with van der Waals surface area (Å²) in [6.07, 6.45) is 3.55. The number of carbonyl (C=O) groups excluding carboxylic acids is 2. The zero-order chi connectivity index (χ0) is 21.4. The zero-order valence-corrected chi connectivity index (χ0v) is 16.5. The molecule has 1 aliphatic heterocycles. The van der Waals surface area contributed by atoms with Crippen LogP contribution in [-0.4, -0.2) is 51.7 Å². The lowest BCUT2D eigenvalue weighted by atomic mass is 10.00. The number of non-ortho nitro benzene ring substituents is 1.